The van der Waals surface area contributed by atoms with Crippen molar-refractivity contribution in [2.24, 2.45) is 0 Å². The normalized spacial score (nSPS) is 18.8. The Kier molecular flexibility index (Phi) is 5.97. The first-order valence-electron chi connectivity index (χ1n) is 8.65. The molecular weight excluding hydrogens is 312 g/mol. The molecule has 1 aromatic carbocycles. The molecule has 0 fully saturated rings. The minimum atomic E-state index is -0.534. The van der Waals surface area contributed by atoms with Crippen molar-refractivity contribution >= 4 is 5.97 Å². The number of fused-ring (bicyclic) bond motifs is 1. The lowest BCUT2D eigenvalue weighted by Crippen LogP contribution is -2.48. The highest BCUT2D eigenvalue weighted by Gasteiger charge is 2.29. The van der Waals surface area contributed by atoms with Gasteiger partial charge in [-0.25, -0.2) is 8.78 Å². The Bertz CT molecular complexity index is 596. The zero-order valence-electron chi connectivity index (χ0n) is 14.9. The maximum Gasteiger partial charge on any atom is 0.323 e. The zero-order chi connectivity index (χ0) is 17.9. The van der Waals surface area contributed by atoms with E-state index in [1.165, 1.54) is 6.07 Å². The Morgan fingerprint density at radius 1 is 1.38 bits per heavy atom. The number of benzene rings is 1. The summed E-state index contributed by atoms with van der Waals surface area (Å²) in [6, 6.07) is 1.93. The minimum Gasteiger partial charge on any atom is -0.459 e. The molecule has 0 spiro atoms. The van der Waals surface area contributed by atoms with Crippen LogP contribution in [0.5, 0.6) is 0 Å². The van der Waals surface area contributed by atoms with Crippen molar-refractivity contribution in [3.8, 4) is 0 Å². The van der Waals surface area contributed by atoms with Crippen LogP contribution in [-0.4, -0.2) is 23.7 Å². The second-order valence-electron chi connectivity index (χ2n) is 7.51. The Hall–Kier alpha value is -1.49. The average molecular weight is 339 g/mol. The lowest BCUT2D eigenvalue weighted by molar-refractivity contribution is -0.158. The lowest BCUT2D eigenvalue weighted by Gasteiger charge is -2.31. The summed E-state index contributed by atoms with van der Waals surface area (Å²) in [4.78, 5) is 12.4. The molecular formula is C19H27F2NO2. The molecule has 1 N–H and O–H groups in total. The van der Waals surface area contributed by atoms with Crippen LogP contribution < -0.4 is 5.32 Å². The number of aryl methyl sites for hydroxylation is 1. The molecule has 0 aliphatic heterocycles. The summed E-state index contributed by atoms with van der Waals surface area (Å²) in [5.74, 6) is -1.30. The van der Waals surface area contributed by atoms with Gasteiger partial charge in [-0.05, 0) is 63.6 Å². The monoisotopic (exact) mass is 339 g/mol. The van der Waals surface area contributed by atoms with E-state index in [2.05, 4.69) is 5.32 Å². The van der Waals surface area contributed by atoms with Crippen LogP contribution in [-0.2, 0) is 22.4 Å². The van der Waals surface area contributed by atoms with Gasteiger partial charge >= 0.3 is 5.97 Å². The molecule has 0 saturated heterocycles. The Morgan fingerprint density at radius 3 is 2.71 bits per heavy atom. The molecule has 0 amide bonds. The van der Waals surface area contributed by atoms with Gasteiger partial charge in [-0.2, -0.15) is 0 Å². The molecule has 0 radical (unpaired) electrons. The van der Waals surface area contributed by atoms with Gasteiger partial charge < -0.3 is 10.1 Å². The van der Waals surface area contributed by atoms with Crippen LogP contribution in [0.25, 0.3) is 0 Å². The van der Waals surface area contributed by atoms with Crippen LogP contribution in [0, 0.1) is 11.6 Å². The highest BCUT2D eigenvalue weighted by atomic mass is 19.1. The van der Waals surface area contributed by atoms with E-state index in [9.17, 15) is 13.6 Å². The van der Waals surface area contributed by atoms with Crippen LogP contribution in [0.3, 0.4) is 0 Å². The fraction of sp³-hybridized carbons (Fsp3) is 0.632. The first kappa shape index (κ1) is 18.8. The molecule has 2 atom stereocenters. The third-order valence-corrected chi connectivity index (χ3v) is 4.17. The van der Waals surface area contributed by atoms with Crippen LogP contribution in [0.4, 0.5) is 8.78 Å². The fourth-order valence-electron chi connectivity index (χ4n) is 3.14. The molecule has 134 valence electrons. The number of hydrogen-bond acceptors (Lipinski definition) is 3. The number of nitrogens with one attached hydrogen (secondary N) is 1. The number of halogens is 2. The fourth-order valence-corrected chi connectivity index (χ4v) is 3.14. The van der Waals surface area contributed by atoms with Crippen molar-refractivity contribution in [3.63, 3.8) is 0 Å². The largest absolute Gasteiger partial charge is 0.459 e. The quantitative estimate of drug-likeness (QED) is 0.826. The molecule has 0 aromatic heterocycles. The van der Waals surface area contributed by atoms with Gasteiger partial charge in [0.1, 0.15) is 23.3 Å². The zero-order valence-corrected chi connectivity index (χ0v) is 14.9. The van der Waals surface area contributed by atoms with Gasteiger partial charge in [0.15, 0.2) is 0 Å². The topological polar surface area (TPSA) is 38.3 Å². The predicted octanol–water partition coefficient (Wildman–Crippen LogP) is 3.92. The van der Waals surface area contributed by atoms with Gasteiger partial charge in [0.25, 0.3) is 0 Å². The first-order valence-corrected chi connectivity index (χ1v) is 8.65. The number of hydrogen-bond donors (Lipinski definition) is 1. The van der Waals surface area contributed by atoms with Gasteiger partial charge in [0.05, 0.1) is 0 Å². The van der Waals surface area contributed by atoms with E-state index in [4.69, 9.17) is 4.74 Å². The van der Waals surface area contributed by atoms with E-state index in [0.29, 0.717) is 24.8 Å². The SMILES string of the molecule is CCCC(NC1CCc2cc(F)cc(F)c2C1)C(=O)OC(C)(C)C. The molecule has 5 heteroatoms. The molecule has 0 bridgehead atoms. The van der Waals surface area contributed by atoms with Crippen LogP contribution in [0.1, 0.15) is 58.1 Å². The Labute approximate surface area is 142 Å². The standard InChI is InChI=1S/C19H27F2NO2/c1-5-6-17(18(23)24-19(2,3)4)22-14-8-7-12-9-13(20)10-16(21)15(12)11-14/h9-10,14,17,22H,5-8,11H2,1-4H3. The number of esters is 1. The maximum absolute atomic E-state index is 14.0. The van der Waals surface area contributed by atoms with Gasteiger partial charge in [0.2, 0.25) is 0 Å². The summed E-state index contributed by atoms with van der Waals surface area (Å²) in [6.07, 6.45) is 3.34. The summed E-state index contributed by atoms with van der Waals surface area (Å²) in [5, 5.41) is 3.33. The second-order valence-corrected chi connectivity index (χ2v) is 7.51. The van der Waals surface area contributed by atoms with E-state index >= 15 is 0 Å². The van der Waals surface area contributed by atoms with Gasteiger partial charge in [-0.1, -0.05) is 13.3 Å². The predicted molar refractivity (Wildman–Crippen MR) is 89.8 cm³/mol. The van der Waals surface area contributed by atoms with Gasteiger partial charge in [-0.3, -0.25) is 4.79 Å². The summed E-state index contributed by atoms with van der Waals surface area (Å²) in [6.45, 7) is 7.54. The smallest absolute Gasteiger partial charge is 0.323 e. The van der Waals surface area contributed by atoms with E-state index in [1.807, 2.05) is 27.7 Å². The molecule has 3 nitrogen and oxygen atoms in total. The summed E-state index contributed by atoms with van der Waals surface area (Å²) in [5.41, 5.74) is 0.752. The van der Waals surface area contributed by atoms with Crippen LogP contribution >= 0.6 is 0 Å². The molecule has 1 aliphatic carbocycles. The third-order valence-electron chi connectivity index (χ3n) is 4.17. The lowest BCUT2D eigenvalue weighted by atomic mass is 9.87. The first-order chi connectivity index (χ1) is 11.2. The second kappa shape index (κ2) is 7.60. The number of rotatable bonds is 5. The molecule has 2 rings (SSSR count). The number of carbonyl (C=O) groups excluding carboxylic acids is 1. The Morgan fingerprint density at radius 2 is 2.08 bits per heavy atom. The van der Waals surface area contributed by atoms with Crippen LogP contribution in [0.2, 0.25) is 0 Å². The minimum absolute atomic E-state index is 0.0125. The molecule has 2 unspecified atom stereocenters. The number of carbonyl (C=O) groups is 1. The Balaban J connectivity index is 2.07. The summed E-state index contributed by atoms with van der Waals surface area (Å²) in [7, 11) is 0. The highest BCUT2D eigenvalue weighted by molar-refractivity contribution is 5.76. The summed E-state index contributed by atoms with van der Waals surface area (Å²) >= 11 is 0. The molecule has 0 saturated carbocycles. The van der Waals surface area contributed by atoms with Crippen molar-refractivity contribution in [1.82, 2.24) is 5.32 Å². The van der Waals surface area contributed by atoms with Crippen molar-refractivity contribution in [3.05, 3.63) is 34.9 Å². The molecule has 24 heavy (non-hydrogen) atoms. The maximum atomic E-state index is 14.0. The van der Waals surface area contributed by atoms with Crippen molar-refractivity contribution in [1.29, 1.82) is 0 Å². The van der Waals surface area contributed by atoms with Crippen molar-refractivity contribution in [2.45, 2.75) is 77.5 Å². The van der Waals surface area contributed by atoms with Crippen LogP contribution in [0.15, 0.2) is 12.1 Å². The molecule has 1 aliphatic rings. The molecule has 0 heterocycles. The average Bonchev–Trinajstić information content (AvgIpc) is 2.45. The van der Waals surface area contributed by atoms with Crippen molar-refractivity contribution < 1.29 is 18.3 Å². The van der Waals surface area contributed by atoms with Gasteiger partial charge in [-0.15, -0.1) is 0 Å². The van der Waals surface area contributed by atoms with Gasteiger partial charge in [0, 0.05) is 12.1 Å². The highest BCUT2D eigenvalue weighted by Crippen LogP contribution is 2.26. The molecule has 1 aromatic rings. The van der Waals surface area contributed by atoms with Crippen molar-refractivity contribution in [2.75, 3.05) is 0 Å². The van der Waals surface area contributed by atoms with E-state index in [0.717, 1.165) is 24.5 Å². The van der Waals surface area contributed by atoms with E-state index in [1.54, 1.807) is 0 Å². The number of ether oxygens (including phenoxy) is 1. The van der Waals surface area contributed by atoms with E-state index < -0.39 is 23.3 Å². The third kappa shape index (κ3) is 5.00. The summed E-state index contributed by atoms with van der Waals surface area (Å²) < 4.78 is 32.8. The van der Waals surface area contributed by atoms with E-state index in [-0.39, 0.29) is 12.0 Å².